The van der Waals surface area contributed by atoms with Crippen molar-refractivity contribution in [1.29, 1.82) is 5.41 Å². The van der Waals surface area contributed by atoms with Gasteiger partial charge in [-0.05, 0) is 87.3 Å². The monoisotopic (exact) mass is 676 g/mol. The first kappa shape index (κ1) is 32.6. The zero-order valence-corrected chi connectivity index (χ0v) is 30.1. The average Bonchev–Trinajstić information content (AvgIpc) is 3.56. The zero-order valence-electron chi connectivity index (χ0n) is 29.3. The van der Waals surface area contributed by atoms with Crippen LogP contribution in [0.15, 0.2) is 151 Å². The van der Waals surface area contributed by atoms with E-state index in [1.807, 2.05) is 72.0 Å². The standard InChI is InChI=1S/C32H26S.C16H14N2/c1-19-14-15-21-24-17-16-20(23-9-7-12-27(30(23)24)32(2,3)28(21)18-19)25-10-6-11-26-22-8-4-5-13-29(22)33-31(25)26;1-18-16(14-10-6-3-7-11-14)12-15(17)13-8-4-2-5-9-13/h4-9,11-18,25H,10H2,1-3H3;2-12,17H,1H2/b;16-12-,17-15?. The number of hydrogen-bond donors (Lipinski definition) is 1. The highest BCUT2D eigenvalue weighted by molar-refractivity contribution is 7.19. The Morgan fingerprint density at radius 2 is 1.45 bits per heavy atom. The molecule has 1 heterocycles. The molecular formula is C48H40N2S. The van der Waals surface area contributed by atoms with E-state index in [2.05, 4.69) is 117 Å². The molecule has 0 amide bonds. The van der Waals surface area contributed by atoms with Crippen molar-refractivity contribution in [2.75, 3.05) is 0 Å². The minimum atomic E-state index is -0.0122. The Bertz CT molecular complexity index is 2510. The van der Waals surface area contributed by atoms with Crippen LogP contribution in [0.1, 0.15) is 70.0 Å². The number of allylic oxidation sites excluding steroid dienone is 2. The van der Waals surface area contributed by atoms with Gasteiger partial charge in [-0.2, -0.15) is 0 Å². The van der Waals surface area contributed by atoms with Gasteiger partial charge in [0.25, 0.3) is 0 Å². The normalized spacial score (nSPS) is 15.4. The number of nitrogens with zero attached hydrogens (tertiary/aromatic N) is 1. The molecule has 2 aliphatic carbocycles. The molecule has 51 heavy (non-hydrogen) atoms. The Morgan fingerprint density at radius 1 is 0.765 bits per heavy atom. The summed E-state index contributed by atoms with van der Waals surface area (Å²) in [4.78, 5) is 5.51. The Labute approximate surface area is 304 Å². The van der Waals surface area contributed by atoms with E-state index < -0.39 is 0 Å². The number of fused-ring (bicyclic) bond motifs is 5. The lowest BCUT2D eigenvalue weighted by atomic mass is 9.67. The third kappa shape index (κ3) is 5.78. The Hall–Kier alpha value is -5.64. The quantitative estimate of drug-likeness (QED) is 0.176. The summed E-state index contributed by atoms with van der Waals surface area (Å²) < 4.78 is 1.40. The molecule has 248 valence electrons. The van der Waals surface area contributed by atoms with Gasteiger partial charge in [0, 0.05) is 26.5 Å². The van der Waals surface area contributed by atoms with Crippen LogP contribution in [-0.2, 0) is 5.41 Å². The number of benzene rings is 6. The van der Waals surface area contributed by atoms with Gasteiger partial charge in [-0.1, -0.05) is 159 Å². The lowest BCUT2D eigenvalue weighted by Gasteiger charge is -2.36. The molecule has 1 atom stereocenters. The second-order valence-electron chi connectivity index (χ2n) is 14.0. The fraction of sp³-hybridized carbons (Fsp3) is 0.125. The van der Waals surface area contributed by atoms with Crippen LogP contribution in [0.3, 0.4) is 0 Å². The zero-order chi connectivity index (χ0) is 35.1. The number of hydrogen-bond acceptors (Lipinski definition) is 3. The number of rotatable bonds is 5. The lowest BCUT2D eigenvalue weighted by molar-refractivity contribution is 0.644. The second-order valence-corrected chi connectivity index (χ2v) is 15.1. The molecule has 0 saturated carbocycles. The third-order valence-corrected chi connectivity index (χ3v) is 11.8. The summed E-state index contributed by atoms with van der Waals surface area (Å²) in [6.07, 6.45) is 7.52. The largest absolute Gasteiger partial charge is 0.300 e. The van der Waals surface area contributed by atoms with E-state index >= 15 is 0 Å². The molecule has 0 bridgehead atoms. The number of aliphatic imine (C=N–C) groups is 1. The molecule has 0 fully saturated rings. The summed E-state index contributed by atoms with van der Waals surface area (Å²) in [5.74, 6) is 0.411. The number of aryl methyl sites for hydroxylation is 1. The average molecular weight is 677 g/mol. The summed E-state index contributed by atoms with van der Waals surface area (Å²) >= 11 is 1.98. The van der Waals surface area contributed by atoms with E-state index in [-0.39, 0.29) is 5.41 Å². The minimum absolute atomic E-state index is 0.0122. The highest BCUT2D eigenvalue weighted by Crippen LogP contribution is 2.52. The lowest BCUT2D eigenvalue weighted by Crippen LogP contribution is -2.24. The van der Waals surface area contributed by atoms with Crippen molar-refractivity contribution in [3.05, 3.63) is 189 Å². The van der Waals surface area contributed by atoms with Gasteiger partial charge in [0.1, 0.15) is 0 Å². The molecule has 0 aliphatic heterocycles. The predicted molar refractivity (Wildman–Crippen MR) is 221 cm³/mol. The van der Waals surface area contributed by atoms with Crippen LogP contribution in [0.25, 0.3) is 43.8 Å². The summed E-state index contributed by atoms with van der Waals surface area (Å²) in [5.41, 5.74) is 12.9. The summed E-state index contributed by atoms with van der Waals surface area (Å²) in [6, 6.07) is 47.0. The molecule has 2 nitrogen and oxygen atoms in total. The minimum Gasteiger partial charge on any atom is -0.300 e. The third-order valence-electron chi connectivity index (χ3n) is 10.5. The Kier molecular flexibility index (Phi) is 8.45. The molecule has 3 heteroatoms. The highest BCUT2D eigenvalue weighted by Gasteiger charge is 2.35. The van der Waals surface area contributed by atoms with Crippen molar-refractivity contribution in [2.45, 2.75) is 38.5 Å². The molecule has 9 rings (SSSR count). The van der Waals surface area contributed by atoms with E-state index in [0.717, 1.165) is 17.5 Å². The molecular weight excluding hydrogens is 637 g/mol. The van der Waals surface area contributed by atoms with Crippen LogP contribution in [0, 0.1) is 12.3 Å². The Morgan fingerprint density at radius 3 is 2.22 bits per heavy atom. The first-order valence-electron chi connectivity index (χ1n) is 17.6. The molecule has 0 radical (unpaired) electrons. The molecule has 1 unspecified atom stereocenters. The van der Waals surface area contributed by atoms with Crippen molar-refractivity contribution in [3.63, 3.8) is 0 Å². The summed E-state index contributed by atoms with van der Waals surface area (Å²) in [6.45, 7) is 10.6. The SMILES string of the molecule is C=N/C(=C\C(=N)c1ccccc1)c1ccccc1.Cc1ccc2c(c1)C(C)(C)c1cccc3c(C4CC=Cc5c4sc4ccccc54)ccc-2c13. The van der Waals surface area contributed by atoms with Gasteiger partial charge < -0.3 is 5.41 Å². The van der Waals surface area contributed by atoms with Crippen molar-refractivity contribution >= 4 is 56.4 Å². The van der Waals surface area contributed by atoms with E-state index in [1.165, 1.54) is 64.7 Å². The van der Waals surface area contributed by atoms with E-state index in [1.54, 1.807) is 6.08 Å². The van der Waals surface area contributed by atoms with Crippen molar-refractivity contribution in [3.8, 4) is 11.1 Å². The molecule has 6 aromatic carbocycles. The molecule has 1 aromatic heterocycles. The van der Waals surface area contributed by atoms with Crippen molar-refractivity contribution in [1.82, 2.24) is 0 Å². The number of thiophene rings is 1. The summed E-state index contributed by atoms with van der Waals surface area (Å²) in [5, 5.41) is 12.3. The van der Waals surface area contributed by atoms with Gasteiger partial charge in [-0.25, -0.2) is 0 Å². The van der Waals surface area contributed by atoms with Gasteiger partial charge in [-0.3, -0.25) is 4.99 Å². The van der Waals surface area contributed by atoms with Gasteiger partial charge in [0.15, 0.2) is 0 Å². The van der Waals surface area contributed by atoms with Crippen LogP contribution < -0.4 is 0 Å². The first-order chi connectivity index (χ1) is 24.8. The molecule has 0 spiro atoms. The Balaban J connectivity index is 0.000000177. The molecule has 0 saturated heterocycles. The first-order valence-corrected chi connectivity index (χ1v) is 18.4. The maximum absolute atomic E-state index is 8.05. The van der Waals surface area contributed by atoms with Crippen LogP contribution in [0.2, 0.25) is 0 Å². The van der Waals surface area contributed by atoms with Gasteiger partial charge >= 0.3 is 0 Å². The molecule has 2 aliphatic rings. The van der Waals surface area contributed by atoms with Gasteiger partial charge in [-0.15, -0.1) is 11.3 Å². The van der Waals surface area contributed by atoms with Crippen LogP contribution >= 0.6 is 11.3 Å². The molecule has 1 N–H and O–H groups in total. The van der Waals surface area contributed by atoms with Crippen LogP contribution in [0.4, 0.5) is 0 Å². The van der Waals surface area contributed by atoms with E-state index in [0.29, 0.717) is 17.3 Å². The maximum atomic E-state index is 8.05. The van der Waals surface area contributed by atoms with Crippen LogP contribution in [-0.4, -0.2) is 12.4 Å². The van der Waals surface area contributed by atoms with E-state index in [4.69, 9.17) is 5.41 Å². The van der Waals surface area contributed by atoms with Gasteiger partial charge in [0.05, 0.1) is 11.4 Å². The predicted octanol–water partition coefficient (Wildman–Crippen LogP) is 13.0. The number of nitrogens with one attached hydrogen (secondary N) is 1. The maximum Gasteiger partial charge on any atom is 0.0716 e. The van der Waals surface area contributed by atoms with E-state index in [9.17, 15) is 0 Å². The van der Waals surface area contributed by atoms with Crippen LogP contribution in [0.5, 0.6) is 0 Å². The van der Waals surface area contributed by atoms with Crippen molar-refractivity contribution < 1.29 is 0 Å². The fourth-order valence-corrected chi connectivity index (χ4v) is 9.24. The second kappa shape index (κ2) is 13.2. The smallest absolute Gasteiger partial charge is 0.0716 e. The van der Waals surface area contributed by atoms with Crippen molar-refractivity contribution in [2.24, 2.45) is 4.99 Å². The summed E-state index contributed by atoms with van der Waals surface area (Å²) in [7, 11) is 0. The highest BCUT2D eigenvalue weighted by atomic mass is 32.1. The topological polar surface area (TPSA) is 36.2 Å². The molecule has 7 aromatic rings. The van der Waals surface area contributed by atoms with Gasteiger partial charge in [0.2, 0.25) is 0 Å². The fourth-order valence-electron chi connectivity index (χ4n) is 7.91.